The van der Waals surface area contributed by atoms with Gasteiger partial charge in [-0.05, 0) is 45.0 Å². The Morgan fingerprint density at radius 1 is 1.17 bits per heavy atom. The fraction of sp³-hybridized carbons (Fsp3) is 0.500. The van der Waals surface area contributed by atoms with E-state index in [2.05, 4.69) is 32.7 Å². The molecule has 5 heteroatoms. The first-order valence-corrected chi connectivity index (χ1v) is 8.57. The van der Waals surface area contributed by atoms with Crippen LogP contribution < -0.4 is 0 Å². The Bertz CT molecular complexity index is 588. The highest BCUT2D eigenvalue weighted by atomic mass is 79.9. The molecule has 0 spiro atoms. The largest absolute Gasteiger partial charge is 0.444 e. The number of ether oxygens (including phenoxy) is 1. The van der Waals surface area contributed by atoms with Crippen molar-refractivity contribution in [2.45, 2.75) is 26.4 Å². The summed E-state index contributed by atoms with van der Waals surface area (Å²) < 4.78 is 6.45. The van der Waals surface area contributed by atoms with Gasteiger partial charge in [0.25, 0.3) is 0 Å². The zero-order valence-corrected chi connectivity index (χ0v) is 15.5. The molecule has 1 heterocycles. The molecule has 0 bridgehead atoms. The third-order valence-corrected chi connectivity index (χ3v) is 3.93. The number of amides is 1. The molecule has 2 rings (SSSR count). The Morgan fingerprint density at radius 2 is 1.78 bits per heavy atom. The molecule has 0 aromatic heterocycles. The van der Waals surface area contributed by atoms with E-state index in [9.17, 15) is 4.79 Å². The smallest absolute Gasteiger partial charge is 0.410 e. The van der Waals surface area contributed by atoms with Crippen molar-refractivity contribution in [1.29, 1.82) is 0 Å². The summed E-state index contributed by atoms with van der Waals surface area (Å²) >= 11 is 3.41. The van der Waals surface area contributed by atoms with Crippen LogP contribution in [0.5, 0.6) is 0 Å². The van der Waals surface area contributed by atoms with Crippen molar-refractivity contribution in [2.24, 2.45) is 0 Å². The van der Waals surface area contributed by atoms with E-state index in [4.69, 9.17) is 4.74 Å². The highest BCUT2D eigenvalue weighted by Crippen LogP contribution is 2.12. The third-order valence-electron chi connectivity index (χ3n) is 3.40. The van der Waals surface area contributed by atoms with Gasteiger partial charge in [0.2, 0.25) is 0 Å². The van der Waals surface area contributed by atoms with E-state index < -0.39 is 5.60 Å². The maximum absolute atomic E-state index is 12.0. The van der Waals surface area contributed by atoms with Crippen molar-refractivity contribution in [1.82, 2.24) is 9.80 Å². The summed E-state index contributed by atoms with van der Waals surface area (Å²) in [5.41, 5.74) is 0.574. The summed E-state index contributed by atoms with van der Waals surface area (Å²) in [5, 5.41) is 0. The molecule has 0 saturated carbocycles. The number of piperazine rings is 1. The second-order valence-corrected chi connectivity index (χ2v) is 7.47. The average molecular weight is 379 g/mol. The molecule has 124 valence electrons. The summed E-state index contributed by atoms with van der Waals surface area (Å²) in [5.74, 6) is 6.37. The number of hydrogen-bond donors (Lipinski definition) is 0. The van der Waals surface area contributed by atoms with E-state index in [1.807, 2.05) is 45.0 Å². The van der Waals surface area contributed by atoms with Gasteiger partial charge in [0.15, 0.2) is 0 Å². The normalized spacial score (nSPS) is 15.7. The van der Waals surface area contributed by atoms with Gasteiger partial charge < -0.3 is 9.64 Å². The topological polar surface area (TPSA) is 32.8 Å². The van der Waals surface area contributed by atoms with E-state index in [0.29, 0.717) is 13.1 Å². The Kier molecular flexibility index (Phi) is 6.09. The molecule has 1 aromatic rings. The minimum Gasteiger partial charge on any atom is -0.444 e. The second kappa shape index (κ2) is 7.85. The van der Waals surface area contributed by atoms with Crippen LogP contribution in [0.4, 0.5) is 4.79 Å². The summed E-state index contributed by atoms with van der Waals surface area (Å²) in [4.78, 5) is 16.0. The monoisotopic (exact) mass is 378 g/mol. The van der Waals surface area contributed by atoms with Crippen LogP contribution in [0.3, 0.4) is 0 Å². The predicted molar refractivity (Wildman–Crippen MR) is 95.3 cm³/mol. The number of carbonyl (C=O) groups excluding carboxylic acids is 1. The first-order chi connectivity index (χ1) is 10.8. The van der Waals surface area contributed by atoms with E-state index in [1.54, 1.807) is 4.90 Å². The standard InChI is InChI=1S/C18H23BrN2O2/c1-18(2,3)23-17(22)21-13-11-20(12-14-21)10-4-5-15-6-8-16(19)9-7-15/h6-9H,10-14H2,1-3H3. The molecule has 0 unspecified atom stereocenters. The van der Waals surface area contributed by atoms with Crippen LogP contribution in [0.25, 0.3) is 0 Å². The molecule has 1 aliphatic rings. The number of nitrogens with zero attached hydrogens (tertiary/aromatic N) is 2. The lowest BCUT2D eigenvalue weighted by molar-refractivity contribution is 0.0155. The van der Waals surface area contributed by atoms with Gasteiger partial charge >= 0.3 is 6.09 Å². The number of hydrogen-bond acceptors (Lipinski definition) is 3. The Balaban J connectivity index is 1.77. The van der Waals surface area contributed by atoms with Crippen LogP contribution in [-0.4, -0.2) is 54.2 Å². The molecule has 4 nitrogen and oxygen atoms in total. The van der Waals surface area contributed by atoms with Gasteiger partial charge in [-0.3, -0.25) is 4.90 Å². The van der Waals surface area contributed by atoms with Crippen molar-refractivity contribution in [3.63, 3.8) is 0 Å². The highest BCUT2D eigenvalue weighted by Gasteiger charge is 2.25. The quantitative estimate of drug-likeness (QED) is 0.702. The van der Waals surface area contributed by atoms with Crippen molar-refractivity contribution in [2.75, 3.05) is 32.7 Å². The van der Waals surface area contributed by atoms with Gasteiger partial charge in [-0.2, -0.15) is 0 Å². The van der Waals surface area contributed by atoms with Crippen LogP contribution in [0, 0.1) is 11.8 Å². The molecule has 1 aliphatic heterocycles. The molecular weight excluding hydrogens is 356 g/mol. The zero-order chi connectivity index (χ0) is 16.9. The maximum Gasteiger partial charge on any atom is 0.410 e. The highest BCUT2D eigenvalue weighted by molar-refractivity contribution is 9.10. The van der Waals surface area contributed by atoms with Crippen LogP contribution in [0.15, 0.2) is 28.7 Å². The number of halogens is 1. The van der Waals surface area contributed by atoms with E-state index in [0.717, 1.165) is 29.7 Å². The SMILES string of the molecule is CC(C)(C)OC(=O)N1CCN(CC#Cc2ccc(Br)cc2)CC1. The number of carbonyl (C=O) groups is 1. The minimum absolute atomic E-state index is 0.224. The Hall–Kier alpha value is -1.51. The molecular formula is C18H23BrN2O2. The third kappa shape index (κ3) is 6.25. The average Bonchev–Trinajstić information content (AvgIpc) is 2.48. The second-order valence-electron chi connectivity index (χ2n) is 6.55. The first kappa shape index (κ1) is 17.8. The fourth-order valence-electron chi connectivity index (χ4n) is 2.20. The predicted octanol–water partition coefficient (Wildman–Crippen LogP) is 3.35. The molecule has 0 aliphatic carbocycles. The molecule has 0 atom stereocenters. The lowest BCUT2D eigenvalue weighted by Gasteiger charge is -2.34. The van der Waals surface area contributed by atoms with Gasteiger partial charge in [-0.25, -0.2) is 4.79 Å². The molecule has 0 radical (unpaired) electrons. The molecule has 1 fully saturated rings. The van der Waals surface area contributed by atoms with E-state index in [1.165, 1.54) is 0 Å². The lowest BCUT2D eigenvalue weighted by atomic mass is 10.2. The lowest BCUT2D eigenvalue weighted by Crippen LogP contribution is -2.50. The summed E-state index contributed by atoms with van der Waals surface area (Å²) in [6, 6.07) is 7.97. The van der Waals surface area contributed by atoms with Crippen molar-refractivity contribution in [3.8, 4) is 11.8 Å². The Labute approximate surface area is 146 Å². The van der Waals surface area contributed by atoms with Crippen molar-refractivity contribution < 1.29 is 9.53 Å². The van der Waals surface area contributed by atoms with Crippen molar-refractivity contribution >= 4 is 22.0 Å². The zero-order valence-electron chi connectivity index (χ0n) is 13.9. The summed E-state index contributed by atoms with van der Waals surface area (Å²) in [6.45, 7) is 9.42. The van der Waals surface area contributed by atoms with Gasteiger partial charge in [0.1, 0.15) is 5.60 Å². The maximum atomic E-state index is 12.0. The molecule has 1 saturated heterocycles. The molecule has 23 heavy (non-hydrogen) atoms. The number of benzene rings is 1. The first-order valence-electron chi connectivity index (χ1n) is 7.78. The molecule has 0 N–H and O–H groups in total. The minimum atomic E-state index is -0.440. The Morgan fingerprint density at radius 3 is 2.35 bits per heavy atom. The molecule has 1 aromatic carbocycles. The van der Waals surface area contributed by atoms with Crippen LogP contribution in [0.1, 0.15) is 26.3 Å². The van der Waals surface area contributed by atoms with Gasteiger partial charge in [0, 0.05) is 36.2 Å². The van der Waals surface area contributed by atoms with E-state index >= 15 is 0 Å². The van der Waals surface area contributed by atoms with Crippen LogP contribution in [0.2, 0.25) is 0 Å². The molecule has 1 amide bonds. The van der Waals surface area contributed by atoms with Crippen LogP contribution >= 0.6 is 15.9 Å². The summed E-state index contributed by atoms with van der Waals surface area (Å²) in [6.07, 6.45) is -0.224. The summed E-state index contributed by atoms with van der Waals surface area (Å²) in [7, 11) is 0. The van der Waals surface area contributed by atoms with Gasteiger partial charge in [0.05, 0.1) is 6.54 Å². The van der Waals surface area contributed by atoms with Crippen LogP contribution in [-0.2, 0) is 4.74 Å². The number of rotatable bonds is 1. The van der Waals surface area contributed by atoms with Gasteiger partial charge in [-0.1, -0.05) is 27.8 Å². The van der Waals surface area contributed by atoms with E-state index in [-0.39, 0.29) is 6.09 Å². The van der Waals surface area contributed by atoms with Gasteiger partial charge in [-0.15, -0.1) is 0 Å². The van der Waals surface area contributed by atoms with Crippen molar-refractivity contribution in [3.05, 3.63) is 34.3 Å². The fourth-order valence-corrected chi connectivity index (χ4v) is 2.47.